The van der Waals surface area contributed by atoms with Crippen molar-refractivity contribution in [3.05, 3.63) is 94.3 Å². The lowest BCUT2D eigenvalue weighted by Crippen LogP contribution is -2.08. The summed E-state index contributed by atoms with van der Waals surface area (Å²) in [4.78, 5) is 4.45. The Balaban J connectivity index is 1.74. The number of ether oxygens (including phenoxy) is 1. The van der Waals surface area contributed by atoms with Gasteiger partial charge in [0.15, 0.2) is 17.3 Å². The highest BCUT2D eigenvalue weighted by Crippen LogP contribution is 2.41. The number of aliphatic hydroxyl groups excluding tert-OH is 1. The second kappa shape index (κ2) is 11.2. The Labute approximate surface area is 239 Å². The Morgan fingerprint density at radius 2 is 1.74 bits per heavy atom. The number of rotatable bonds is 7. The van der Waals surface area contributed by atoms with E-state index < -0.39 is 30.9 Å². The molecule has 2 aromatic heterocycles. The van der Waals surface area contributed by atoms with Crippen LogP contribution in [0.2, 0.25) is 5.02 Å². The minimum absolute atomic E-state index is 0.0838. The van der Waals surface area contributed by atoms with Gasteiger partial charge in [-0.3, -0.25) is 0 Å². The summed E-state index contributed by atoms with van der Waals surface area (Å²) in [6.07, 6.45) is -3.57. The van der Waals surface area contributed by atoms with Crippen molar-refractivity contribution in [3.8, 4) is 45.1 Å². The van der Waals surface area contributed by atoms with Crippen molar-refractivity contribution in [2.45, 2.75) is 33.2 Å². The third kappa shape index (κ3) is 5.72. The molecule has 0 saturated heterocycles. The van der Waals surface area contributed by atoms with E-state index in [2.05, 4.69) is 14.8 Å². The predicted molar refractivity (Wildman–Crippen MR) is 142 cm³/mol. The second-order valence-corrected chi connectivity index (χ2v) is 9.63. The number of halogens is 7. The molecular weight excluding hydrogens is 588 g/mol. The maximum atomic E-state index is 14.7. The minimum Gasteiger partial charge on any atom is -0.440 e. The van der Waals surface area contributed by atoms with Gasteiger partial charge in [0.2, 0.25) is 0 Å². The molecule has 0 amide bonds. The van der Waals surface area contributed by atoms with Crippen LogP contribution in [0.3, 0.4) is 0 Å². The van der Waals surface area contributed by atoms with Crippen molar-refractivity contribution in [2.24, 2.45) is 0 Å². The van der Waals surface area contributed by atoms with Gasteiger partial charge in [0, 0.05) is 29.8 Å². The zero-order valence-electron chi connectivity index (χ0n) is 21.8. The van der Waals surface area contributed by atoms with E-state index in [4.69, 9.17) is 16.0 Å². The molecule has 2 heterocycles. The van der Waals surface area contributed by atoms with Gasteiger partial charge in [0.05, 0.1) is 17.3 Å². The van der Waals surface area contributed by atoms with Crippen LogP contribution in [0.4, 0.5) is 26.3 Å². The molecule has 13 heteroatoms. The largest absolute Gasteiger partial charge is 0.440 e. The molecule has 0 saturated carbocycles. The van der Waals surface area contributed by atoms with Crippen LogP contribution in [0.25, 0.3) is 39.4 Å². The average molecular weight is 608 g/mol. The first-order valence-corrected chi connectivity index (χ1v) is 12.6. The standard InChI is InChI=1S/C29H20ClF6N3O3/c1-14-9-18(11-22(31)20(14)13-40)16-4-6-23(39-8-7-25(38-39)29(34,35)36)19(10-16)26-27(41-15(2)37-26)17-3-5-21(30)24(12-17)42-28(32)33/h3-12,28,40H,13H2,1-2H3. The van der Waals surface area contributed by atoms with Gasteiger partial charge >= 0.3 is 12.8 Å². The van der Waals surface area contributed by atoms with Gasteiger partial charge in [-0.2, -0.15) is 27.1 Å². The summed E-state index contributed by atoms with van der Waals surface area (Å²) in [5.74, 6) is -0.711. The second-order valence-electron chi connectivity index (χ2n) is 9.22. The first-order chi connectivity index (χ1) is 19.8. The Bertz CT molecular complexity index is 1760. The number of aromatic nitrogens is 3. The lowest BCUT2D eigenvalue weighted by atomic mass is 9.95. The van der Waals surface area contributed by atoms with Crippen LogP contribution < -0.4 is 4.74 Å². The molecule has 0 fully saturated rings. The summed E-state index contributed by atoms with van der Waals surface area (Å²) in [5, 5.41) is 13.1. The zero-order valence-corrected chi connectivity index (χ0v) is 22.6. The number of nitrogens with zero attached hydrogens (tertiary/aromatic N) is 3. The molecule has 0 atom stereocenters. The van der Waals surface area contributed by atoms with Crippen molar-refractivity contribution in [3.63, 3.8) is 0 Å². The molecule has 1 N–H and O–H groups in total. The quantitative estimate of drug-likeness (QED) is 0.188. The van der Waals surface area contributed by atoms with Gasteiger partial charge < -0.3 is 14.3 Å². The molecule has 0 aliphatic rings. The van der Waals surface area contributed by atoms with E-state index in [-0.39, 0.29) is 50.5 Å². The molecule has 5 aromatic rings. The lowest BCUT2D eigenvalue weighted by molar-refractivity contribution is -0.141. The van der Waals surface area contributed by atoms with Crippen LogP contribution in [0, 0.1) is 19.7 Å². The maximum absolute atomic E-state index is 14.7. The van der Waals surface area contributed by atoms with E-state index >= 15 is 0 Å². The summed E-state index contributed by atoms with van der Waals surface area (Å²) in [6, 6.07) is 12.4. The molecule has 3 aromatic carbocycles. The van der Waals surface area contributed by atoms with Crippen LogP contribution >= 0.6 is 11.6 Å². The normalized spacial score (nSPS) is 11.9. The van der Waals surface area contributed by atoms with Crippen molar-refractivity contribution in [1.82, 2.24) is 14.8 Å². The van der Waals surface area contributed by atoms with Crippen LogP contribution in [0.15, 0.2) is 65.2 Å². The van der Waals surface area contributed by atoms with Gasteiger partial charge in [-0.25, -0.2) is 14.1 Å². The number of oxazole rings is 1. The summed E-state index contributed by atoms with van der Waals surface area (Å²) in [6.45, 7) is -0.483. The molecular formula is C29H20ClF6N3O3. The number of hydrogen-bond acceptors (Lipinski definition) is 5. The molecule has 0 aliphatic heterocycles. The van der Waals surface area contributed by atoms with E-state index in [9.17, 15) is 31.4 Å². The molecule has 0 spiro atoms. The first-order valence-electron chi connectivity index (χ1n) is 12.3. The molecule has 218 valence electrons. The van der Waals surface area contributed by atoms with Crippen molar-refractivity contribution < 1.29 is 40.6 Å². The van der Waals surface area contributed by atoms with Gasteiger partial charge in [-0.05, 0) is 66.1 Å². The fourth-order valence-corrected chi connectivity index (χ4v) is 4.65. The number of alkyl halides is 5. The first kappa shape index (κ1) is 29.2. The summed E-state index contributed by atoms with van der Waals surface area (Å²) >= 11 is 6.02. The number of aryl methyl sites for hydroxylation is 2. The van der Waals surface area contributed by atoms with Crippen molar-refractivity contribution in [1.29, 1.82) is 0 Å². The Kier molecular flexibility index (Phi) is 7.78. The van der Waals surface area contributed by atoms with Crippen LogP contribution in [-0.2, 0) is 12.8 Å². The smallest absolute Gasteiger partial charge is 0.435 e. The van der Waals surface area contributed by atoms with E-state index in [1.54, 1.807) is 25.1 Å². The molecule has 42 heavy (non-hydrogen) atoms. The SMILES string of the molecule is Cc1nc(-c2cc(-c3cc(C)c(CO)c(F)c3)ccc2-n2ccc(C(F)(F)F)n2)c(-c2ccc(Cl)c(OC(F)F)c2)o1. The van der Waals surface area contributed by atoms with Crippen molar-refractivity contribution >= 4 is 11.6 Å². The maximum Gasteiger partial charge on any atom is 0.435 e. The van der Waals surface area contributed by atoms with Gasteiger partial charge in [-0.1, -0.05) is 23.7 Å². The van der Waals surface area contributed by atoms with Gasteiger partial charge in [-0.15, -0.1) is 0 Å². The van der Waals surface area contributed by atoms with Crippen LogP contribution in [0.1, 0.15) is 22.7 Å². The predicted octanol–water partition coefficient (Wildman–Crippen LogP) is 8.38. The topological polar surface area (TPSA) is 73.3 Å². The van der Waals surface area contributed by atoms with Crippen LogP contribution in [-0.4, -0.2) is 26.5 Å². The number of hydrogen-bond donors (Lipinski definition) is 1. The van der Waals surface area contributed by atoms with Gasteiger partial charge in [0.1, 0.15) is 17.3 Å². The van der Waals surface area contributed by atoms with Crippen LogP contribution in [0.5, 0.6) is 5.75 Å². The third-order valence-electron chi connectivity index (χ3n) is 6.43. The number of aliphatic hydroxyl groups is 1. The lowest BCUT2D eigenvalue weighted by Gasteiger charge is -2.14. The molecule has 0 unspecified atom stereocenters. The fourth-order valence-electron chi connectivity index (χ4n) is 4.49. The third-order valence-corrected chi connectivity index (χ3v) is 6.74. The summed E-state index contributed by atoms with van der Waals surface area (Å²) in [5.41, 5.74) is 1.18. The van der Waals surface area contributed by atoms with E-state index in [1.807, 2.05) is 0 Å². The molecule has 0 aliphatic carbocycles. The Morgan fingerprint density at radius 1 is 1.00 bits per heavy atom. The molecule has 0 bridgehead atoms. The summed E-state index contributed by atoms with van der Waals surface area (Å²) < 4.78 is 92.2. The molecule has 5 rings (SSSR count). The number of benzene rings is 3. The van der Waals surface area contributed by atoms with E-state index in [0.29, 0.717) is 16.7 Å². The average Bonchev–Trinajstić information content (AvgIpc) is 3.57. The zero-order chi connectivity index (χ0) is 30.3. The minimum atomic E-state index is -4.70. The highest BCUT2D eigenvalue weighted by molar-refractivity contribution is 6.32. The van der Waals surface area contributed by atoms with Crippen molar-refractivity contribution in [2.75, 3.05) is 0 Å². The fraction of sp³-hybridized carbons (Fsp3) is 0.172. The molecule has 6 nitrogen and oxygen atoms in total. The summed E-state index contributed by atoms with van der Waals surface area (Å²) in [7, 11) is 0. The molecule has 0 radical (unpaired) electrons. The Morgan fingerprint density at radius 3 is 2.38 bits per heavy atom. The monoisotopic (exact) mass is 607 g/mol. The highest BCUT2D eigenvalue weighted by Gasteiger charge is 2.34. The Hall–Kier alpha value is -4.29. The van der Waals surface area contributed by atoms with E-state index in [1.165, 1.54) is 37.3 Å². The van der Waals surface area contributed by atoms with Gasteiger partial charge in [0.25, 0.3) is 0 Å². The van der Waals surface area contributed by atoms with E-state index in [0.717, 1.165) is 16.9 Å². The highest BCUT2D eigenvalue weighted by atomic mass is 35.5.